The van der Waals surface area contributed by atoms with Crippen LogP contribution in [0, 0.1) is 5.92 Å². The van der Waals surface area contributed by atoms with Gasteiger partial charge in [0.2, 0.25) is 0 Å². The first-order valence-corrected chi connectivity index (χ1v) is 7.31. The molecule has 1 saturated heterocycles. The predicted octanol–water partition coefficient (Wildman–Crippen LogP) is 2.27. The van der Waals surface area contributed by atoms with Gasteiger partial charge in [-0.1, -0.05) is 12.1 Å². The van der Waals surface area contributed by atoms with E-state index in [0.717, 1.165) is 23.0 Å². The summed E-state index contributed by atoms with van der Waals surface area (Å²) in [5.74, 6) is 3.05. The molecule has 0 atom stereocenters. The first-order valence-electron chi connectivity index (χ1n) is 6.15. The lowest BCUT2D eigenvalue weighted by Gasteiger charge is -2.24. The molecule has 1 fully saturated rings. The van der Waals surface area contributed by atoms with Gasteiger partial charge in [0.15, 0.2) is 0 Å². The van der Waals surface area contributed by atoms with Crippen LogP contribution in [0.25, 0.3) is 10.9 Å². The van der Waals surface area contributed by atoms with Crippen molar-refractivity contribution in [1.29, 1.82) is 0 Å². The summed E-state index contributed by atoms with van der Waals surface area (Å²) in [4.78, 5) is 12.2. The molecule has 0 saturated carbocycles. The highest BCUT2D eigenvalue weighted by Crippen LogP contribution is 2.24. The highest BCUT2D eigenvalue weighted by Gasteiger charge is 2.19. The van der Waals surface area contributed by atoms with Crippen LogP contribution in [0.4, 0.5) is 0 Å². The molecule has 1 aliphatic rings. The van der Waals surface area contributed by atoms with E-state index >= 15 is 0 Å². The number of rotatable bonds is 3. The minimum absolute atomic E-state index is 0.0410. The topological polar surface area (TPSA) is 34.0 Å². The maximum Gasteiger partial charge on any atom is 0.253 e. The number of hydrogen-bond acceptors (Lipinski definition) is 2. The number of nitrogens with one attached hydrogen (secondary N) is 1. The van der Waals surface area contributed by atoms with Crippen LogP contribution in [0.15, 0.2) is 30.5 Å². The van der Waals surface area contributed by atoms with Crippen molar-refractivity contribution in [2.75, 3.05) is 18.1 Å². The second kappa shape index (κ2) is 4.69. The maximum atomic E-state index is 12.2. The van der Waals surface area contributed by atoms with Gasteiger partial charge in [0, 0.05) is 25.2 Å². The molecule has 1 N–H and O–H groups in total. The van der Waals surface area contributed by atoms with E-state index in [1.54, 1.807) is 0 Å². The highest BCUT2D eigenvalue weighted by molar-refractivity contribution is 8.00. The monoisotopic (exact) mass is 260 g/mol. The predicted molar refractivity (Wildman–Crippen MR) is 76.1 cm³/mol. The Balaban J connectivity index is 1.83. The van der Waals surface area contributed by atoms with E-state index in [9.17, 15) is 4.79 Å². The van der Waals surface area contributed by atoms with Gasteiger partial charge < -0.3 is 9.88 Å². The molecule has 18 heavy (non-hydrogen) atoms. The first kappa shape index (κ1) is 11.7. The Hall–Kier alpha value is -1.42. The van der Waals surface area contributed by atoms with Crippen molar-refractivity contribution in [3.05, 3.63) is 36.0 Å². The van der Waals surface area contributed by atoms with Crippen molar-refractivity contribution < 1.29 is 4.79 Å². The van der Waals surface area contributed by atoms with Crippen molar-refractivity contribution in [3.8, 4) is 0 Å². The van der Waals surface area contributed by atoms with Gasteiger partial charge in [-0.3, -0.25) is 4.79 Å². The van der Waals surface area contributed by atoms with Crippen molar-refractivity contribution in [1.82, 2.24) is 9.88 Å². The number of nitrogens with zero attached hydrogens (tertiary/aromatic N) is 1. The quantitative estimate of drug-likeness (QED) is 0.918. The van der Waals surface area contributed by atoms with Crippen LogP contribution in [0.1, 0.15) is 10.4 Å². The van der Waals surface area contributed by atoms with Crippen LogP contribution in [0.2, 0.25) is 0 Å². The van der Waals surface area contributed by atoms with Crippen LogP contribution >= 0.6 is 11.8 Å². The standard InChI is InChI=1S/C14H16N2OS/c1-16-6-5-11-3-2-4-12(13(11)16)14(17)15-7-10-8-18-9-10/h2-6,10H,7-9H2,1H3,(H,15,17). The molecule has 0 aliphatic carbocycles. The van der Waals surface area contributed by atoms with Gasteiger partial charge in [-0.25, -0.2) is 0 Å². The molecule has 0 spiro atoms. The Kier molecular flexibility index (Phi) is 3.04. The summed E-state index contributed by atoms with van der Waals surface area (Å²) in [5.41, 5.74) is 1.78. The van der Waals surface area contributed by atoms with Crippen LogP contribution in [-0.4, -0.2) is 28.5 Å². The Morgan fingerprint density at radius 3 is 3.00 bits per heavy atom. The Labute approximate surface area is 111 Å². The maximum absolute atomic E-state index is 12.2. The minimum Gasteiger partial charge on any atom is -0.352 e. The number of carbonyl (C=O) groups is 1. The molecule has 2 heterocycles. The summed E-state index contributed by atoms with van der Waals surface area (Å²) in [6.07, 6.45) is 1.99. The molecular formula is C14H16N2OS. The second-order valence-electron chi connectivity index (χ2n) is 4.78. The van der Waals surface area contributed by atoms with E-state index in [2.05, 4.69) is 5.32 Å². The second-order valence-corrected chi connectivity index (χ2v) is 5.86. The van der Waals surface area contributed by atoms with Gasteiger partial charge in [0.05, 0.1) is 11.1 Å². The van der Waals surface area contributed by atoms with Gasteiger partial charge in [0.1, 0.15) is 0 Å². The zero-order valence-electron chi connectivity index (χ0n) is 10.3. The summed E-state index contributed by atoms with van der Waals surface area (Å²) in [7, 11) is 1.97. The lowest BCUT2D eigenvalue weighted by molar-refractivity contribution is 0.0950. The molecule has 1 aromatic carbocycles. The Morgan fingerprint density at radius 2 is 2.28 bits per heavy atom. The molecule has 94 valence electrons. The van der Waals surface area contributed by atoms with Crippen LogP contribution in [-0.2, 0) is 7.05 Å². The molecule has 1 amide bonds. The summed E-state index contributed by atoms with van der Waals surface area (Å²) in [6.45, 7) is 0.798. The fraction of sp³-hybridized carbons (Fsp3) is 0.357. The van der Waals surface area contributed by atoms with E-state index in [4.69, 9.17) is 0 Å². The minimum atomic E-state index is 0.0410. The number of amides is 1. The van der Waals surface area contributed by atoms with Crippen molar-refractivity contribution >= 4 is 28.6 Å². The van der Waals surface area contributed by atoms with Crippen molar-refractivity contribution in [3.63, 3.8) is 0 Å². The van der Waals surface area contributed by atoms with Crippen LogP contribution in [0.5, 0.6) is 0 Å². The largest absolute Gasteiger partial charge is 0.352 e. The number of aromatic nitrogens is 1. The third kappa shape index (κ3) is 2.01. The zero-order chi connectivity index (χ0) is 12.5. The number of thioether (sulfide) groups is 1. The van der Waals surface area contributed by atoms with E-state index in [0.29, 0.717) is 5.92 Å². The average Bonchev–Trinajstić information content (AvgIpc) is 2.69. The van der Waals surface area contributed by atoms with Gasteiger partial charge in [-0.2, -0.15) is 11.8 Å². The van der Waals surface area contributed by atoms with Crippen molar-refractivity contribution in [2.24, 2.45) is 13.0 Å². The normalized spacial score (nSPS) is 15.6. The summed E-state index contributed by atoms with van der Waals surface area (Å²) >= 11 is 1.94. The van der Waals surface area contributed by atoms with Crippen LogP contribution in [0.3, 0.4) is 0 Å². The molecular weight excluding hydrogens is 244 g/mol. The zero-order valence-corrected chi connectivity index (χ0v) is 11.2. The van der Waals surface area contributed by atoms with E-state index in [-0.39, 0.29) is 5.91 Å². The first-order chi connectivity index (χ1) is 8.75. The van der Waals surface area contributed by atoms with Gasteiger partial charge >= 0.3 is 0 Å². The summed E-state index contributed by atoms with van der Waals surface area (Å²) < 4.78 is 2.00. The molecule has 3 nitrogen and oxygen atoms in total. The molecule has 0 radical (unpaired) electrons. The van der Waals surface area contributed by atoms with E-state index in [1.807, 2.05) is 53.8 Å². The fourth-order valence-electron chi connectivity index (χ4n) is 2.27. The number of hydrogen-bond donors (Lipinski definition) is 1. The average molecular weight is 260 g/mol. The van der Waals surface area contributed by atoms with Crippen molar-refractivity contribution in [2.45, 2.75) is 0 Å². The van der Waals surface area contributed by atoms with E-state index in [1.165, 1.54) is 11.5 Å². The lowest BCUT2D eigenvalue weighted by Crippen LogP contribution is -2.35. The highest BCUT2D eigenvalue weighted by atomic mass is 32.2. The SMILES string of the molecule is Cn1ccc2cccc(C(=O)NCC3CSC3)c21. The molecule has 1 aromatic heterocycles. The molecule has 2 aromatic rings. The van der Waals surface area contributed by atoms with E-state index < -0.39 is 0 Å². The molecule has 0 bridgehead atoms. The summed E-state index contributed by atoms with van der Waals surface area (Å²) in [6, 6.07) is 7.91. The molecule has 4 heteroatoms. The summed E-state index contributed by atoms with van der Waals surface area (Å²) in [5, 5.41) is 4.16. The van der Waals surface area contributed by atoms with Gasteiger partial charge in [-0.05, 0) is 29.6 Å². The Bertz CT molecular complexity index is 586. The van der Waals surface area contributed by atoms with Gasteiger partial charge in [-0.15, -0.1) is 0 Å². The number of carbonyl (C=O) groups excluding carboxylic acids is 1. The Morgan fingerprint density at radius 1 is 1.44 bits per heavy atom. The number of aryl methyl sites for hydroxylation is 1. The van der Waals surface area contributed by atoms with Crippen LogP contribution < -0.4 is 5.32 Å². The fourth-order valence-corrected chi connectivity index (χ4v) is 3.08. The number of para-hydroxylation sites is 1. The smallest absolute Gasteiger partial charge is 0.253 e. The molecule has 0 unspecified atom stereocenters. The number of fused-ring (bicyclic) bond motifs is 1. The third-order valence-electron chi connectivity index (χ3n) is 3.40. The van der Waals surface area contributed by atoms with Gasteiger partial charge in [0.25, 0.3) is 5.91 Å². The number of benzene rings is 1. The lowest BCUT2D eigenvalue weighted by atomic mass is 10.1. The molecule has 1 aliphatic heterocycles. The third-order valence-corrected chi connectivity index (χ3v) is 4.81. The molecule has 3 rings (SSSR count).